The standard InChI is InChI=1S/C42H47N9O2/c1-27-10-14-29(15-11-27)34-23-50(41(53)36-19-18-35(44-36)31-8-6-5-7-9-31)26-38(34)49(4)21-20-28-12-16-30(17-13-28)33-24-51(25-37(33)48(2)3)42-45-39-32(22-43-47-39)40(52)46-42/h5-19,22,33-34,37-38,44H,20-21,23-26H2,1-4H3,(H2,43,45,46,47,52)/t33-,34+,37+,38-/m0/s1. The van der Waals surface area contributed by atoms with Gasteiger partial charge in [0.1, 0.15) is 11.1 Å². The highest BCUT2D eigenvalue weighted by atomic mass is 16.2. The number of amides is 1. The highest BCUT2D eigenvalue weighted by molar-refractivity contribution is 5.93. The first kappa shape index (κ1) is 34.6. The molecule has 0 bridgehead atoms. The summed E-state index contributed by atoms with van der Waals surface area (Å²) in [4.78, 5) is 46.4. The molecule has 2 fully saturated rings. The van der Waals surface area contributed by atoms with Crippen molar-refractivity contribution in [2.75, 3.05) is 58.8 Å². The number of aromatic nitrogens is 5. The Labute approximate surface area is 309 Å². The van der Waals surface area contributed by atoms with Crippen molar-refractivity contribution in [2.45, 2.75) is 37.3 Å². The smallest absolute Gasteiger partial charge is 0.270 e. The van der Waals surface area contributed by atoms with E-state index < -0.39 is 0 Å². The molecule has 0 saturated carbocycles. The van der Waals surface area contributed by atoms with Crippen molar-refractivity contribution in [3.8, 4) is 11.3 Å². The summed E-state index contributed by atoms with van der Waals surface area (Å²) < 4.78 is 0. The molecule has 3 aromatic heterocycles. The van der Waals surface area contributed by atoms with Gasteiger partial charge in [-0.2, -0.15) is 10.1 Å². The minimum atomic E-state index is -0.182. The number of hydrogen-bond acceptors (Lipinski definition) is 7. The van der Waals surface area contributed by atoms with Gasteiger partial charge in [-0.1, -0.05) is 84.4 Å². The minimum Gasteiger partial charge on any atom is -0.351 e. The number of likely N-dealkylation sites (tertiary alicyclic amines) is 1. The zero-order valence-electron chi connectivity index (χ0n) is 30.8. The number of hydrogen-bond donors (Lipinski definition) is 3. The van der Waals surface area contributed by atoms with Gasteiger partial charge >= 0.3 is 0 Å². The molecule has 0 spiro atoms. The number of benzene rings is 3. The molecule has 1 amide bonds. The van der Waals surface area contributed by atoms with Crippen LogP contribution >= 0.6 is 0 Å². The maximum atomic E-state index is 13.9. The molecular formula is C42H47N9O2. The Bertz CT molecular complexity index is 2240. The highest BCUT2D eigenvalue weighted by Crippen LogP contribution is 2.34. The van der Waals surface area contributed by atoms with Crippen molar-refractivity contribution in [1.82, 2.24) is 39.8 Å². The molecule has 53 heavy (non-hydrogen) atoms. The molecule has 11 nitrogen and oxygen atoms in total. The van der Waals surface area contributed by atoms with Gasteiger partial charge in [-0.15, -0.1) is 0 Å². The van der Waals surface area contributed by atoms with Crippen molar-refractivity contribution in [2.24, 2.45) is 0 Å². The third-order valence-electron chi connectivity index (χ3n) is 11.4. The van der Waals surface area contributed by atoms with Crippen LogP contribution in [0.2, 0.25) is 0 Å². The lowest BCUT2D eigenvalue weighted by atomic mass is 9.92. The molecule has 0 unspecified atom stereocenters. The Kier molecular flexibility index (Phi) is 9.44. The third-order valence-corrected chi connectivity index (χ3v) is 11.4. The summed E-state index contributed by atoms with van der Waals surface area (Å²) in [5.74, 6) is 1.08. The zero-order valence-corrected chi connectivity index (χ0v) is 30.8. The molecule has 2 aliphatic heterocycles. The molecule has 272 valence electrons. The first-order valence-electron chi connectivity index (χ1n) is 18.5. The fourth-order valence-electron chi connectivity index (χ4n) is 8.21. The van der Waals surface area contributed by atoms with E-state index >= 15 is 0 Å². The summed E-state index contributed by atoms with van der Waals surface area (Å²) >= 11 is 0. The summed E-state index contributed by atoms with van der Waals surface area (Å²) in [6.07, 6.45) is 2.42. The summed E-state index contributed by atoms with van der Waals surface area (Å²) in [6.45, 7) is 5.85. The third kappa shape index (κ3) is 7.02. The van der Waals surface area contributed by atoms with Crippen LogP contribution in [0, 0.1) is 6.92 Å². The number of aryl methyl sites for hydroxylation is 1. The van der Waals surface area contributed by atoms with Crippen LogP contribution in [0.1, 0.15) is 44.6 Å². The second-order valence-electron chi connectivity index (χ2n) is 15.0. The number of nitrogens with one attached hydrogen (secondary N) is 3. The summed E-state index contributed by atoms with van der Waals surface area (Å²) in [7, 11) is 6.42. The van der Waals surface area contributed by atoms with E-state index in [2.05, 4.69) is 129 Å². The van der Waals surface area contributed by atoms with Gasteiger partial charge in [0.05, 0.1) is 6.20 Å². The van der Waals surface area contributed by atoms with Gasteiger partial charge in [0, 0.05) is 62.3 Å². The van der Waals surface area contributed by atoms with Gasteiger partial charge in [-0.05, 0) is 68.9 Å². The topological polar surface area (TPSA) is 120 Å². The molecule has 2 aliphatic rings. The fraction of sp³-hybridized carbons (Fsp3) is 0.333. The number of carbonyl (C=O) groups is 1. The molecular weight excluding hydrogens is 663 g/mol. The van der Waals surface area contributed by atoms with E-state index in [0.29, 0.717) is 35.8 Å². The highest BCUT2D eigenvalue weighted by Gasteiger charge is 2.39. The predicted octanol–water partition coefficient (Wildman–Crippen LogP) is 5.27. The normalized spacial score (nSPS) is 20.3. The van der Waals surface area contributed by atoms with Crippen molar-refractivity contribution < 1.29 is 4.79 Å². The van der Waals surface area contributed by atoms with Crippen LogP contribution in [0.3, 0.4) is 0 Å². The SMILES string of the molecule is Cc1ccc([C@H]2CN(C(=O)c3ccc(-c4ccccc4)[nH]3)C[C@@H]2N(C)CCc2ccc([C@@H]3CN(c4nc5[nH]ncc5c(=O)[nH]4)C[C@H]3N(C)C)cc2)cc1. The fourth-order valence-corrected chi connectivity index (χ4v) is 8.21. The van der Waals surface area contributed by atoms with Crippen LogP contribution in [0.5, 0.6) is 0 Å². The largest absolute Gasteiger partial charge is 0.351 e. The number of fused-ring (bicyclic) bond motifs is 1. The predicted molar refractivity (Wildman–Crippen MR) is 210 cm³/mol. The lowest BCUT2D eigenvalue weighted by Crippen LogP contribution is -2.39. The van der Waals surface area contributed by atoms with Crippen LogP contribution in [0.25, 0.3) is 22.3 Å². The Morgan fingerprint density at radius 3 is 2.26 bits per heavy atom. The van der Waals surface area contributed by atoms with Crippen molar-refractivity contribution in [3.63, 3.8) is 0 Å². The first-order chi connectivity index (χ1) is 25.7. The van der Waals surface area contributed by atoms with E-state index in [0.717, 1.165) is 37.3 Å². The molecule has 6 aromatic rings. The van der Waals surface area contributed by atoms with Gasteiger partial charge in [-0.3, -0.25) is 19.7 Å². The molecule has 8 rings (SSSR count). The first-order valence-corrected chi connectivity index (χ1v) is 18.5. The number of carbonyl (C=O) groups excluding carboxylic acids is 1. The Balaban J connectivity index is 0.948. The van der Waals surface area contributed by atoms with Gasteiger partial charge in [0.2, 0.25) is 5.95 Å². The van der Waals surface area contributed by atoms with E-state index in [1.54, 1.807) is 0 Å². The maximum Gasteiger partial charge on any atom is 0.270 e. The van der Waals surface area contributed by atoms with Crippen LogP contribution in [0.4, 0.5) is 5.95 Å². The summed E-state index contributed by atoms with van der Waals surface area (Å²) in [6, 6.07) is 32.3. The number of anilines is 1. The number of rotatable bonds is 10. The second kappa shape index (κ2) is 14.5. The van der Waals surface area contributed by atoms with E-state index in [9.17, 15) is 9.59 Å². The summed E-state index contributed by atoms with van der Waals surface area (Å²) in [5, 5.41) is 7.29. The molecule has 4 atom stereocenters. The van der Waals surface area contributed by atoms with Gasteiger partial charge in [0.15, 0.2) is 5.65 Å². The second-order valence-corrected chi connectivity index (χ2v) is 15.0. The number of aromatic amines is 3. The number of H-pyrrole nitrogens is 3. The Hall–Kier alpha value is -5.52. The minimum absolute atomic E-state index is 0.0429. The Morgan fingerprint density at radius 2 is 1.53 bits per heavy atom. The average molecular weight is 710 g/mol. The monoisotopic (exact) mass is 709 g/mol. The molecule has 5 heterocycles. The number of likely N-dealkylation sites (N-methyl/N-ethyl adjacent to an activating group) is 2. The molecule has 3 aromatic carbocycles. The lowest BCUT2D eigenvalue weighted by molar-refractivity contribution is 0.0775. The van der Waals surface area contributed by atoms with Crippen LogP contribution in [-0.2, 0) is 6.42 Å². The van der Waals surface area contributed by atoms with E-state index in [1.807, 2.05) is 35.2 Å². The molecule has 0 radical (unpaired) electrons. The van der Waals surface area contributed by atoms with Crippen molar-refractivity contribution >= 4 is 22.9 Å². The van der Waals surface area contributed by atoms with Crippen molar-refractivity contribution in [1.29, 1.82) is 0 Å². The van der Waals surface area contributed by atoms with Crippen LogP contribution in [0.15, 0.2) is 102 Å². The van der Waals surface area contributed by atoms with E-state index in [4.69, 9.17) is 0 Å². The van der Waals surface area contributed by atoms with E-state index in [-0.39, 0.29) is 35.4 Å². The number of nitrogens with zero attached hydrogens (tertiary/aromatic N) is 6. The molecule has 11 heteroatoms. The van der Waals surface area contributed by atoms with Gasteiger partial charge < -0.3 is 24.6 Å². The quantitative estimate of drug-likeness (QED) is 0.178. The maximum absolute atomic E-state index is 13.9. The van der Waals surface area contributed by atoms with Crippen molar-refractivity contribution in [3.05, 3.63) is 135 Å². The molecule has 3 N–H and O–H groups in total. The van der Waals surface area contributed by atoms with Crippen LogP contribution in [-0.4, -0.2) is 112 Å². The lowest BCUT2D eigenvalue weighted by Gasteiger charge is -2.29. The summed E-state index contributed by atoms with van der Waals surface area (Å²) in [5.41, 5.74) is 8.03. The van der Waals surface area contributed by atoms with Gasteiger partial charge in [0.25, 0.3) is 11.5 Å². The molecule has 0 aliphatic carbocycles. The van der Waals surface area contributed by atoms with Crippen LogP contribution < -0.4 is 10.5 Å². The van der Waals surface area contributed by atoms with Gasteiger partial charge in [-0.25, -0.2) is 0 Å². The van der Waals surface area contributed by atoms with E-state index in [1.165, 1.54) is 28.5 Å². The average Bonchev–Trinajstić information content (AvgIpc) is 4.00. The molecule has 2 saturated heterocycles. The Morgan fingerprint density at radius 1 is 0.811 bits per heavy atom. The zero-order chi connectivity index (χ0) is 36.6.